The summed E-state index contributed by atoms with van der Waals surface area (Å²) in [5.41, 5.74) is -0.108. The maximum Gasteiger partial charge on any atom is 0.251 e. The molecule has 216 valence electrons. The number of hydrogen-bond donors (Lipinski definition) is 1. The number of hydrogen-bond acceptors (Lipinski definition) is 7. The second kappa shape index (κ2) is 11.9. The van der Waals surface area contributed by atoms with Crippen molar-refractivity contribution < 1.29 is 32.6 Å². The Kier molecular flexibility index (Phi) is 8.27. The molecule has 3 aromatic rings. The number of nitrogens with zero attached hydrogens (tertiary/aromatic N) is 3. The van der Waals surface area contributed by atoms with Crippen LogP contribution in [0.15, 0.2) is 48.5 Å². The maximum absolute atomic E-state index is 15.5. The summed E-state index contributed by atoms with van der Waals surface area (Å²) in [6.45, 7) is 3.88. The largest absolute Gasteiger partial charge is 0.497 e. The highest BCUT2D eigenvalue weighted by molar-refractivity contribution is 6.30. The number of ether oxygens (including phenoxy) is 3. The topological polar surface area (TPSA) is 93.2 Å². The summed E-state index contributed by atoms with van der Waals surface area (Å²) >= 11 is 5.96. The molecule has 41 heavy (non-hydrogen) atoms. The molecule has 0 aliphatic carbocycles. The summed E-state index contributed by atoms with van der Waals surface area (Å²) in [6.07, 6.45) is 0. The molecule has 1 N–H and O–H groups in total. The average molecular weight is 587 g/mol. The number of carbonyl (C=O) groups excluding carboxylic acids is 2. The third-order valence-corrected chi connectivity index (χ3v) is 7.65. The van der Waals surface area contributed by atoms with Gasteiger partial charge in [-0.05, 0) is 31.2 Å². The maximum atomic E-state index is 15.5. The van der Waals surface area contributed by atoms with E-state index in [0.717, 1.165) is 12.1 Å². The second-order valence-electron chi connectivity index (χ2n) is 9.76. The lowest BCUT2D eigenvalue weighted by Gasteiger charge is -2.30. The smallest absolute Gasteiger partial charge is 0.251 e. The standard InChI is InChI=1S/C29H29ClF2N4O5/c1-16-25(26-21(31)12-19(39-2)13-22(26)32)27(34-28(37)17-4-6-18(30)7-5-17)29(38)36(16)24-15-20(40-3)14-23(33-24)35-8-10-41-11-9-35/h4-7,12-16,25,27H,8-11H2,1-3H3,(H,34,37)/t16-,25+,27+/m1/s1. The first-order chi connectivity index (χ1) is 19.7. The van der Waals surface area contributed by atoms with E-state index in [-0.39, 0.29) is 22.7 Å². The van der Waals surface area contributed by atoms with Gasteiger partial charge in [0.1, 0.15) is 40.8 Å². The molecule has 2 aliphatic rings. The van der Waals surface area contributed by atoms with Gasteiger partial charge in [0.05, 0.1) is 27.4 Å². The third kappa shape index (κ3) is 5.64. The van der Waals surface area contributed by atoms with E-state index >= 15 is 8.78 Å². The van der Waals surface area contributed by atoms with Crippen LogP contribution in [-0.2, 0) is 9.53 Å². The molecule has 0 unspecified atom stereocenters. The van der Waals surface area contributed by atoms with Gasteiger partial charge in [-0.2, -0.15) is 0 Å². The molecule has 12 heteroatoms. The quantitative estimate of drug-likeness (QED) is 0.444. The fourth-order valence-electron chi connectivity index (χ4n) is 5.32. The van der Waals surface area contributed by atoms with E-state index in [1.54, 1.807) is 19.1 Å². The minimum atomic E-state index is -1.31. The van der Waals surface area contributed by atoms with Crippen molar-refractivity contribution in [2.45, 2.75) is 24.9 Å². The van der Waals surface area contributed by atoms with E-state index in [1.807, 2.05) is 4.90 Å². The normalized spacial score (nSPS) is 20.7. The summed E-state index contributed by atoms with van der Waals surface area (Å²) in [5.74, 6) is -2.84. The number of methoxy groups -OCH3 is 2. The molecule has 3 heterocycles. The molecular weight excluding hydrogens is 558 g/mol. The molecule has 2 fully saturated rings. The number of benzene rings is 2. The molecule has 2 aromatic carbocycles. The third-order valence-electron chi connectivity index (χ3n) is 7.39. The van der Waals surface area contributed by atoms with Crippen molar-refractivity contribution in [1.82, 2.24) is 10.3 Å². The second-order valence-corrected chi connectivity index (χ2v) is 10.2. The van der Waals surface area contributed by atoms with Gasteiger partial charge in [0, 0.05) is 65.5 Å². The molecule has 0 bridgehead atoms. The first kappa shape index (κ1) is 28.6. The Labute approximate surface area is 241 Å². The zero-order valence-electron chi connectivity index (χ0n) is 22.7. The summed E-state index contributed by atoms with van der Waals surface area (Å²) in [5, 5.41) is 3.14. The van der Waals surface area contributed by atoms with Crippen LogP contribution in [0.3, 0.4) is 0 Å². The number of anilines is 2. The highest BCUT2D eigenvalue weighted by Gasteiger charge is 2.50. The molecule has 0 radical (unpaired) electrons. The van der Waals surface area contributed by atoms with Crippen LogP contribution in [0.25, 0.3) is 0 Å². The van der Waals surface area contributed by atoms with Crippen molar-refractivity contribution in [3.63, 3.8) is 0 Å². The van der Waals surface area contributed by atoms with E-state index in [1.165, 1.54) is 43.4 Å². The van der Waals surface area contributed by atoms with Gasteiger partial charge < -0.3 is 24.4 Å². The van der Waals surface area contributed by atoms with Crippen LogP contribution in [-0.4, -0.2) is 69.4 Å². The van der Waals surface area contributed by atoms with Crippen molar-refractivity contribution in [3.05, 3.63) is 76.3 Å². The lowest BCUT2D eigenvalue weighted by Crippen LogP contribution is -2.44. The summed E-state index contributed by atoms with van der Waals surface area (Å²) in [4.78, 5) is 35.4. The Morgan fingerprint density at radius 2 is 1.59 bits per heavy atom. The Morgan fingerprint density at radius 1 is 1.00 bits per heavy atom. The van der Waals surface area contributed by atoms with Gasteiger partial charge in [0.15, 0.2) is 0 Å². The van der Waals surface area contributed by atoms with E-state index in [0.29, 0.717) is 42.9 Å². The number of amides is 2. The summed E-state index contributed by atoms with van der Waals surface area (Å²) in [7, 11) is 2.80. The van der Waals surface area contributed by atoms with Crippen LogP contribution in [0.4, 0.5) is 20.4 Å². The highest BCUT2D eigenvalue weighted by atomic mass is 35.5. The minimum absolute atomic E-state index is 0.0102. The summed E-state index contributed by atoms with van der Waals surface area (Å²) < 4.78 is 46.9. The number of morpholine rings is 1. The number of carbonyl (C=O) groups is 2. The van der Waals surface area contributed by atoms with Gasteiger partial charge >= 0.3 is 0 Å². The molecule has 9 nitrogen and oxygen atoms in total. The molecule has 5 rings (SSSR count). The van der Waals surface area contributed by atoms with Gasteiger partial charge in [0.2, 0.25) is 0 Å². The van der Waals surface area contributed by atoms with Crippen LogP contribution in [0.2, 0.25) is 5.02 Å². The first-order valence-corrected chi connectivity index (χ1v) is 13.4. The number of rotatable bonds is 7. The van der Waals surface area contributed by atoms with Crippen LogP contribution in [0.5, 0.6) is 11.5 Å². The van der Waals surface area contributed by atoms with Crippen molar-refractivity contribution >= 4 is 35.1 Å². The molecule has 0 saturated carbocycles. The number of pyridine rings is 1. The Bertz CT molecular complexity index is 1430. The van der Waals surface area contributed by atoms with Gasteiger partial charge in [-0.3, -0.25) is 14.5 Å². The molecule has 2 saturated heterocycles. The lowest BCUT2D eigenvalue weighted by molar-refractivity contribution is -0.118. The summed E-state index contributed by atoms with van der Waals surface area (Å²) in [6, 6.07) is 9.39. The Balaban J connectivity index is 1.58. The van der Waals surface area contributed by atoms with Crippen LogP contribution < -0.4 is 24.6 Å². The number of aromatic nitrogens is 1. The van der Waals surface area contributed by atoms with E-state index in [9.17, 15) is 9.59 Å². The van der Waals surface area contributed by atoms with Crippen LogP contribution >= 0.6 is 11.6 Å². The predicted molar refractivity (Wildman–Crippen MR) is 149 cm³/mol. The minimum Gasteiger partial charge on any atom is -0.497 e. The zero-order chi connectivity index (χ0) is 29.3. The SMILES string of the molecule is COc1cc(N2CCOCC2)nc(N2C(=O)[C@@H](NC(=O)c3ccc(Cl)cc3)[C@H](c3c(F)cc(OC)cc3F)[C@H]2C)c1. The molecule has 1 aromatic heterocycles. The van der Waals surface area contributed by atoms with Gasteiger partial charge in [-0.15, -0.1) is 0 Å². The van der Waals surface area contributed by atoms with Gasteiger partial charge in [-0.1, -0.05) is 11.6 Å². The fourth-order valence-corrected chi connectivity index (χ4v) is 5.45. The molecule has 3 atom stereocenters. The van der Waals surface area contributed by atoms with Crippen molar-refractivity contribution in [1.29, 1.82) is 0 Å². The Hall–Kier alpha value is -3.96. The van der Waals surface area contributed by atoms with Gasteiger partial charge in [0.25, 0.3) is 11.8 Å². The Morgan fingerprint density at radius 3 is 2.20 bits per heavy atom. The van der Waals surface area contributed by atoms with Crippen molar-refractivity contribution in [2.75, 3.05) is 50.3 Å². The van der Waals surface area contributed by atoms with E-state index < -0.39 is 41.5 Å². The van der Waals surface area contributed by atoms with Crippen LogP contribution in [0, 0.1) is 11.6 Å². The van der Waals surface area contributed by atoms with E-state index in [4.69, 9.17) is 30.8 Å². The molecule has 2 aliphatic heterocycles. The first-order valence-electron chi connectivity index (χ1n) is 13.0. The molecular formula is C29H29ClF2N4O5. The van der Waals surface area contributed by atoms with E-state index in [2.05, 4.69) is 5.32 Å². The van der Waals surface area contributed by atoms with Crippen molar-refractivity contribution in [2.24, 2.45) is 0 Å². The van der Waals surface area contributed by atoms with Crippen LogP contribution in [0.1, 0.15) is 28.8 Å². The number of nitrogens with one attached hydrogen (secondary N) is 1. The van der Waals surface area contributed by atoms with Gasteiger partial charge in [-0.25, -0.2) is 13.8 Å². The zero-order valence-corrected chi connectivity index (χ0v) is 23.5. The van der Waals surface area contributed by atoms with Crippen molar-refractivity contribution in [3.8, 4) is 11.5 Å². The molecule has 0 spiro atoms. The lowest BCUT2D eigenvalue weighted by atomic mass is 9.87. The monoisotopic (exact) mass is 586 g/mol. The highest BCUT2D eigenvalue weighted by Crippen LogP contribution is 2.41. The number of halogens is 3. The fraction of sp³-hybridized carbons (Fsp3) is 0.345. The predicted octanol–water partition coefficient (Wildman–Crippen LogP) is 4.18. The average Bonchev–Trinajstić information content (AvgIpc) is 3.21. The molecule has 2 amide bonds.